The maximum absolute atomic E-state index is 10.9. The van der Waals surface area contributed by atoms with Gasteiger partial charge in [0.25, 0.3) is 0 Å². The van der Waals surface area contributed by atoms with Crippen molar-refractivity contribution in [3.63, 3.8) is 0 Å². The van der Waals surface area contributed by atoms with Crippen LogP contribution in [0.2, 0.25) is 0 Å². The van der Waals surface area contributed by atoms with E-state index < -0.39 is 5.97 Å². The number of carbonyl (C=O) groups is 1. The van der Waals surface area contributed by atoms with Crippen LogP contribution in [0.25, 0.3) is 0 Å². The maximum Gasteiger partial charge on any atom is 0.317 e. The molecular weight excluding hydrogens is 206 g/mol. The molecule has 94 valence electrons. The second kappa shape index (κ2) is 6.86. The molecule has 0 heterocycles. The summed E-state index contributed by atoms with van der Waals surface area (Å²) in [6.45, 7) is 2.96. The van der Waals surface area contributed by atoms with Crippen LogP contribution >= 0.6 is 0 Å². The minimum Gasteiger partial charge on any atom is -0.480 e. The lowest BCUT2D eigenvalue weighted by Crippen LogP contribution is -2.44. The average Bonchev–Trinajstić information content (AvgIpc) is 2.75. The molecule has 0 aliphatic heterocycles. The largest absolute Gasteiger partial charge is 0.480 e. The minimum absolute atomic E-state index is 0.162. The van der Waals surface area contributed by atoms with Gasteiger partial charge in [-0.3, -0.25) is 9.69 Å². The van der Waals surface area contributed by atoms with Crippen LogP contribution in [0.5, 0.6) is 0 Å². The Kier molecular flexibility index (Phi) is 5.77. The number of carboxylic acid groups (broad SMARTS) is 1. The van der Waals surface area contributed by atoms with Crippen LogP contribution < -0.4 is 0 Å². The van der Waals surface area contributed by atoms with Crippen molar-refractivity contribution in [2.45, 2.75) is 51.1 Å². The predicted molar refractivity (Wildman–Crippen MR) is 62.6 cm³/mol. The molecule has 0 radical (unpaired) electrons. The summed E-state index contributed by atoms with van der Waals surface area (Å²) in [4.78, 5) is 13.0. The van der Waals surface area contributed by atoms with Gasteiger partial charge in [0, 0.05) is 25.8 Å². The Morgan fingerprint density at radius 3 is 2.62 bits per heavy atom. The number of aliphatic carboxylic acids is 1. The average molecular weight is 229 g/mol. The summed E-state index contributed by atoms with van der Waals surface area (Å²) in [7, 11) is 1.68. The second-order valence-electron chi connectivity index (χ2n) is 4.63. The lowest BCUT2D eigenvalue weighted by atomic mass is 10.1. The van der Waals surface area contributed by atoms with Crippen molar-refractivity contribution in [1.29, 1.82) is 0 Å². The number of carboxylic acids is 1. The Hall–Kier alpha value is -0.610. The van der Waals surface area contributed by atoms with Crippen molar-refractivity contribution in [3.8, 4) is 0 Å². The molecule has 4 nitrogen and oxygen atoms in total. The molecular formula is C12H23NO3. The third kappa shape index (κ3) is 4.10. The normalized spacial score (nSPS) is 19.2. The highest BCUT2D eigenvalue weighted by molar-refractivity contribution is 5.69. The van der Waals surface area contributed by atoms with Crippen LogP contribution in [-0.2, 0) is 9.53 Å². The molecule has 0 saturated heterocycles. The van der Waals surface area contributed by atoms with Crippen molar-refractivity contribution in [2.75, 3.05) is 20.3 Å². The number of methoxy groups -OCH3 is 1. The van der Waals surface area contributed by atoms with Gasteiger partial charge in [-0.15, -0.1) is 0 Å². The Bertz CT molecular complexity index is 214. The first-order valence-electron chi connectivity index (χ1n) is 6.11. The van der Waals surface area contributed by atoms with Crippen LogP contribution in [0.1, 0.15) is 39.0 Å². The lowest BCUT2D eigenvalue weighted by Gasteiger charge is -2.33. The third-order valence-electron chi connectivity index (χ3n) is 3.42. The van der Waals surface area contributed by atoms with E-state index in [2.05, 4.69) is 11.8 Å². The molecule has 0 bridgehead atoms. The highest BCUT2D eigenvalue weighted by Gasteiger charge is 2.27. The molecule has 1 saturated carbocycles. The van der Waals surface area contributed by atoms with Crippen molar-refractivity contribution < 1.29 is 14.6 Å². The van der Waals surface area contributed by atoms with E-state index in [9.17, 15) is 4.79 Å². The Morgan fingerprint density at radius 2 is 2.12 bits per heavy atom. The Balaban J connectivity index is 2.50. The van der Waals surface area contributed by atoms with Crippen LogP contribution in [0.15, 0.2) is 0 Å². The quantitative estimate of drug-likeness (QED) is 0.722. The van der Waals surface area contributed by atoms with Crippen molar-refractivity contribution in [1.82, 2.24) is 4.90 Å². The highest BCUT2D eigenvalue weighted by atomic mass is 16.5. The first-order valence-corrected chi connectivity index (χ1v) is 6.11. The van der Waals surface area contributed by atoms with E-state index in [0.29, 0.717) is 18.7 Å². The van der Waals surface area contributed by atoms with Gasteiger partial charge in [0.1, 0.15) is 0 Å². The van der Waals surface area contributed by atoms with E-state index in [0.717, 1.165) is 19.3 Å². The van der Waals surface area contributed by atoms with Crippen LogP contribution in [0, 0.1) is 0 Å². The molecule has 0 amide bonds. The smallest absolute Gasteiger partial charge is 0.317 e. The van der Waals surface area contributed by atoms with Gasteiger partial charge in [-0.25, -0.2) is 0 Å². The topological polar surface area (TPSA) is 49.8 Å². The predicted octanol–water partition coefficient (Wildman–Crippen LogP) is 1.74. The summed E-state index contributed by atoms with van der Waals surface area (Å²) in [6, 6.07) is 0.752. The summed E-state index contributed by atoms with van der Waals surface area (Å²) in [6.07, 6.45) is 5.66. The molecule has 4 heteroatoms. The van der Waals surface area contributed by atoms with Crippen LogP contribution in [0.4, 0.5) is 0 Å². The molecule has 16 heavy (non-hydrogen) atoms. The molecule has 1 aliphatic rings. The first kappa shape index (κ1) is 13.5. The van der Waals surface area contributed by atoms with E-state index >= 15 is 0 Å². The van der Waals surface area contributed by atoms with Gasteiger partial charge in [-0.05, 0) is 26.2 Å². The van der Waals surface area contributed by atoms with Gasteiger partial charge in [-0.2, -0.15) is 0 Å². The second-order valence-corrected chi connectivity index (χ2v) is 4.63. The van der Waals surface area contributed by atoms with Gasteiger partial charge in [0.05, 0.1) is 6.54 Å². The number of hydrogen-bond donors (Lipinski definition) is 1. The minimum atomic E-state index is -0.726. The zero-order chi connectivity index (χ0) is 12.0. The monoisotopic (exact) mass is 229 g/mol. The van der Waals surface area contributed by atoms with E-state index in [1.807, 2.05) is 0 Å². The number of nitrogens with zero attached hydrogens (tertiary/aromatic N) is 1. The molecule has 1 N–H and O–H groups in total. The molecule has 0 spiro atoms. The van der Waals surface area contributed by atoms with E-state index in [1.165, 1.54) is 12.8 Å². The number of ether oxygens (including phenoxy) is 1. The van der Waals surface area contributed by atoms with Crippen LogP contribution in [-0.4, -0.2) is 48.3 Å². The van der Waals surface area contributed by atoms with Crippen LogP contribution in [0.3, 0.4) is 0 Å². The van der Waals surface area contributed by atoms with E-state index in [4.69, 9.17) is 9.84 Å². The SMILES string of the molecule is COCCC(C)N(CC(=O)O)C1CCCC1. The van der Waals surface area contributed by atoms with E-state index in [1.54, 1.807) is 7.11 Å². The molecule has 1 unspecified atom stereocenters. The zero-order valence-electron chi connectivity index (χ0n) is 10.3. The molecule has 1 aliphatic carbocycles. The fraction of sp³-hybridized carbons (Fsp3) is 0.917. The highest BCUT2D eigenvalue weighted by Crippen LogP contribution is 2.25. The van der Waals surface area contributed by atoms with Crippen molar-refractivity contribution >= 4 is 5.97 Å². The summed E-state index contributed by atoms with van der Waals surface area (Å²) in [5, 5.41) is 8.95. The zero-order valence-corrected chi connectivity index (χ0v) is 10.3. The molecule has 0 aromatic carbocycles. The van der Waals surface area contributed by atoms with Crippen molar-refractivity contribution in [2.24, 2.45) is 0 Å². The number of rotatable bonds is 7. The van der Waals surface area contributed by atoms with Gasteiger partial charge in [-0.1, -0.05) is 12.8 Å². The summed E-state index contributed by atoms with van der Waals surface area (Å²) in [5.41, 5.74) is 0. The van der Waals surface area contributed by atoms with E-state index in [-0.39, 0.29) is 6.54 Å². The first-order chi connectivity index (χ1) is 7.65. The molecule has 1 fully saturated rings. The lowest BCUT2D eigenvalue weighted by molar-refractivity contribution is -0.139. The summed E-state index contributed by atoms with van der Waals surface area (Å²) < 4.78 is 5.06. The van der Waals surface area contributed by atoms with Crippen molar-refractivity contribution in [3.05, 3.63) is 0 Å². The Labute approximate surface area is 97.6 Å². The number of hydrogen-bond acceptors (Lipinski definition) is 3. The third-order valence-corrected chi connectivity index (χ3v) is 3.42. The summed E-state index contributed by atoms with van der Waals surface area (Å²) in [5.74, 6) is -0.726. The molecule has 0 aromatic heterocycles. The Morgan fingerprint density at radius 1 is 1.50 bits per heavy atom. The fourth-order valence-electron chi connectivity index (χ4n) is 2.49. The maximum atomic E-state index is 10.9. The molecule has 1 atom stereocenters. The van der Waals surface area contributed by atoms with Gasteiger partial charge < -0.3 is 9.84 Å². The fourth-order valence-corrected chi connectivity index (χ4v) is 2.49. The van der Waals surface area contributed by atoms with Gasteiger partial charge in [0.2, 0.25) is 0 Å². The molecule has 0 aromatic rings. The summed E-state index contributed by atoms with van der Waals surface area (Å²) >= 11 is 0. The standard InChI is InChI=1S/C12H23NO3/c1-10(7-8-16-2)13(9-12(14)15)11-5-3-4-6-11/h10-11H,3-9H2,1-2H3,(H,14,15). The van der Waals surface area contributed by atoms with Gasteiger partial charge in [0.15, 0.2) is 0 Å². The van der Waals surface area contributed by atoms with Gasteiger partial charge >= 0.3 is 5.97 Å². The molecule has 1 rings (SSSR count).